The minimum Gasteiger partial charge on any atom is -0.497 e. The molecule has 2 aromatic rings. The molecule has 0 saturated heterocycles. The van der Waals surface area contributed by atoms with Gasteiger partial charge in [-0.25, -0.2) is 8.78 Å². The first-order valence-electron chi connectivity index (χ1n) is 6.02. The van der Waals surface area contributed by atoms with Gasteiger partial charge in [-0.1, -0.05) is 6.07 Å². The molecule has 3 nitrogen and oxygen atoms in total. The van der Waals surface area contributed by atoms with Crippen molar-refractivity contribution in [2.45, 2.75) is 4.90 Å². The number of benzene rings is 2. The van der Waals surface area contributed by atoms with Gasteiger partial charge in [0.1, 0.15) is 5.75 Å². The number of Topliss-reactive ketones (excluding diaryl/α,β-unsaturated/α-hetero) is 1. The van der Waals surface area contributed by atoms with Crippen LogP contribution in [0.1, 0.15) is 10.4 Å². The van der Waals surface area contributed by atoms with Gasteiger partial charge in [-0.05, 0) is 36.4 Å². The summed E-state index contributed by atoms with van der Waals surface area (Å²) in [5.41, 5.74) is -0.00912. The average molecular weight is 310 g/mol. The van der Waals surface area contributed by atoms with Crippen LogP contribution >= 0.6 is 0 Å². The number of halogens is 2. The summed E-state index contributed by atoms with van der Waals surface area (Å²) in [5.74, 6) is -2.43. The topological polar surface area (TPSA) is 43.4 Å². The zero-order chi connectivity index (χ0) is 15.4. The molecule has 1 atom stereocenters. The first-order chi connectivity index (χ1) is 10.0. The van der Waals surface area contributed by atoms with E-state index in [0.717, 1.165) is 12.1 Å². The van der Waals surface area contributed by atoms with Crippen LogP contribution in [-0.2, 0) is 10.8 Å². The minimum absolute atomic E-state index is 0.00912. The lowest BCUT2D eigenvalue weighted by Gasteiger charge is -2.05. The summed E-state index contributed by atoms with van der Waals surface area (Å²) in [6.45, 7) is 0. The Balaban J connectivity index is 2.14. The van der Waals surface area contributed by atoms with Gasteiger partial charge in [0.25, 0.3) is 0 Å². The van der Waals surface area contributed by atoms with Gasteiger partial charge in [0.15, 0.2) is 17.4 Å². The predicted octanol–water partition coefficient (Wildman–Crippen LogP) is 2.96. The molecule has 0 aliphatic heterocycles. The molecule has 0 aliphatic carbocycles. The number of ketones is 1. The molecule has 110 valence electrons. The van der Waals surface area contributed by atoms with Crippen molar-refractivity contribution in [3.8, 4) is 5.75 Å². The normalized spacial score (nSPS) is 12.0. The zero-order valence-corrected chi connectivity index (χ0v) is 12.0. The molecule has 0 fully saturated rings. The maximum atomic E-state index is 13.1. The number of hydrogen-bond donors (Lipinski definition) is 0. The molecule has 0 aromatic heterocycles. The summed E-state index contributed by atoms with van der Waals surface area (Å²) in [6, 6.07) is 9.37. The molecule has 0 spiro atoms. The Morgan fingerprint density at radius 1 is 1.14 bits per heavy atom. The van der Waals surface area contributed by atoms with Gasteiger partial charge in [0.05, 0.1) is 23.7 Å². The maximum absolute atomic E-state index is 13.1. The van der Waals surface area contributed by atoms with Gasteiger partial charge in [-0.15, -0.1) is 0 Å². The summed E-state index contributed by atoms with van der Waals surface area (Å²) >= 11 is 0. The van der Waals surface area contributed by atoms with Crippen LogP contribution < -0.4 is 4.74 Å². The van der Waals surface area contributed by atoms with E-state index in [1.54, 1.807) is 24.3 Å². The van der Waals surface area contributed by atoms with Crippen LogP contribution in [0.5, 0.6) is 5.75 Å². The van der Waals surface area contributed by atoms with Crippen molar-refractivity contribution in [2.75, 3.05) is 12.9 Å². The largest absolute Gasteiger partial charge is 0.497 e. The fraction of sp³-hybridized carbons (Fsp3) is 0.133. The molecule has 0 saturated carbocycles. The second kappa shape index (κ2) is 6.58. The van der Waals surface area contributed by atoms with Crippen molar-refractivity contribution < 1.29 is 22.5 Å². The van der Waals surface area contributed by atoms with E-state index in [4.69, 9.17) is 4.74 Å². The number of carbonyl (C=O) groups is 1. The molecule has 0 heterocycles. The summed E-state index contributed by atoms with van der Waals surface area (Å²) in [6.07, 6.45) is 0. The maximum Gasteiger partial charge on any atom is 0.175 e. The van der Waals surface area contributed by atoms with Crippen molar-refractivity contribution in [3.05, 3.63) is 59.7 Å². The van der Waals surface area contributed by atoms with Crippen molar-refractivity contribution in [3.63, 3.8) is 0 Å². The molecular weight excluding hydrogens is 298 g/mol. The Labute approximate surface area is 123 Å². The molecule has 0 amide bonds. The molecule has 0 N–H and O–H groups in total. The lowest BCUT2D eigenvalue weighted by atomic mass is 10.1. The highest BCUT2D eigenvalue weighted by Gasteiger charge is 2.14. The predicted molar refractivity (Wildman–Crippen MR) is 75.0 cm³/mol. The quantitative estimate of drug-likeness (QED) is 0.798. The smallest absolute Gasteiger partial charge is 0.175 e. The molecular formula is C15H12F2O3S. The van der Waals surface area contributed by atoms with Gasteiger partial charge < -0.3 is 4.74 Å². The highest BCUT2D eigenvalue weighted by atomic mass is 32.2. The van der Waals surface area contributed by atoms with E-state index in [-0.39, 0.29) is 11.3 Å². The molecule has 2 rings (SSSR count). The Morgan fingerprint density at radius 2 is 1.90 bits per heavy atom. The summed E-state index contributed by atoms with van der Waals surface area (Å²) in [5, 5.41) is 0. The van der Waals surface area contributed by atoms with Crippen LogP contribution in [0.3, 0.4) is 0 Å². The van der Waals surface area contributed by atoms with E-state index in [9.17, 15) is 17.8 Å². The van der Waals surface area contributed by atoms with Gasteiger partial charge in [0.2, 0.25) is 0 Å². The second-order valence-corrected chi connectivity index (χ2v) is 5.67. The Hall–Kier alpha value is -2.08. The Morgan fingerprint density at radius 3 is 2.57 bits per heavy atom. The fourth-order valence-electron chi connectivity index (χ4n) is 1.70. The van der Waals surface area contributed by atoms with E-state index in [1.807, 2.05) is 0 Å². The number of carbonyl (C=O) groups excluding carboxylic acids is 1. The van der Waals surface area contributed by atoms with E-state index in [0.29, 0.717) is 10.6 Å². The molecule has 1 unspecified atom stereocenters. The van der Waals surface area contributed by atoms with Crippen LogP contribution in [0.25, 0.3) is 0 Å². The molecule has 6 heteroatoms. The number of rotatable bonds is 5. The van der Waals surface area contributed by atoms with Crippen molar-refractivity contribution in [2.24, 2.45) is 0 Å². The first kappa shape index (κ1) is 15.3. The van der Waals surface area contributed by atoms with E-state index in [1.165, 1.54) is 13.2 Å². The summed E-state index contributed by atoms with van der Waals surface area (Å²) < 4.78 is 43.0. The van der Waals surface area contributed by atoms with Crippen LogP contribution in [0.2, 0.25) is 0 Å². The van der Waals surface area contributed by atoms with Crippen molar-refractivity contribution in [1.82, 2.24) is 0 Å². The number of hydrogen-bond acceptors (Lipinski definition) is 3. The molecule has 0 radical (unpaired) electrons. The highest BCUT2D eigenvalue weighted by Crippen LogP contribution is 2.17. The molecule has 2 aromatic carbocycles. The third kappa shape index (κ3) is 3.72. The second-order valence-electron chi connectivity index (χ2n) is 4.22. The lowest BCUT2D eigenvalue weighted by Crippen LogP contribution is -2.11. The zero-order valence-electron chi connectivity index (χ0n) is 11.1. The van der Waals surface area contributed by atoms with E-state index in [2.05, 4.69) is 0 Å². The van der Waals surface area contributed by atoms with E-state index >= 15 is 0 Å². The minimum atomic E-state index is -1.58. The first-order valence-corrected chi connectivity index (χ1v) is 7.34. The number of ether oxygens (including phenoxy) is 1. The van der Waals surface area contributed by atoms with Gasteiger partial charge in [-0.2, -0.15) is 0 Å². The van der Waals surface area contributed by atoms with Crippen LogP contribution in [0.15, 0.2) is 47.4 Å². The fourth-order valence-corrected chi connectivity index (χ4v) is 2.75. The van der Waals surface area contributed by atoms with Crippen molar-refractivity contribution >= 4 is 16.6 Å². The summed E-state index contributed by atoms with van der Waals surface area (Å²) in [7, 11) is -0.103. The lowest BCUT2D eigenvalue weighted by molar-refractivity contribution is 0.102. The van der Waals surface area contributed by atoms with E-state index < -0.39 is 28.2 Å². The van der Waals surface area contributed by atoms with Crippen LogP contribution in [0, 0.1) is 11.6 Å². The third-order valence-corrected chi connectivity index (χ3v) is 4.11. The van der Waals surface area contributed by atoms with Crippen LogP contribution in [-0.4, -0.2) is 22.9 Å². The van der Waals surface area contributed by atoms with Gasteiger partial charge in [-0.3, -0.25) is 9.00 Å². The summed E-state index contributed by atoms with van der Waals surface area (Å²) in [4.78, 5) is 12.4. The average Bonchev–Trinajstić information content (AvgIpc) is 2.49. The van der Waals surface area contributed by atoms with Crippen LogP contribution in [0.4, 0.5) is 8.78 Å². The monoisotopic (exact) mass is 310 g/mol. The number of methoxy groups -OCH3 is 1. The Kier molecular flexibility index (Phi) is 4.80. The van der Waals surface area contributed by atoms with Gasteiger partial charge >= 0.3 is 0 Å². The van der Waals surface area contributed by atoms with Gasteiger partial charge in [0, 0.05) is 10.5 Å². The van der Waals surface area contributed by atoms with Crippen molar-refractivity contribution in [1.29, 1.82) is 0 Å². The highest BCUT2D eigenvalue weighted by molar-refractivity contribution is 7.85. The third-order valence-electron chi connectivity index (χ3n) is 2.81. The molecule has 0 bridgehead atoms. The molecule has 21 heavy (non-hydrogen) atoms. The standard InChI is InChI=1S/C15H12F2O3S/c1-20-11-3-2-4-12(8-11)21(19)9-15(18)10-5-6-13(16)14(17)7-10/h2-8H,9H2,1H3. The molecule has 0 aliphatic rings. The SMILES string of the molecule is COc1cccc(S(=O)CC(=O)c2ccc(F)c(F)c2)c1. The Bertz CT molecular complexity index is 701.